The summed E-state index contributed by atoms with van der Waals surface area (Å²) in [5.74, 6) is 2.15. The van der Waals surface area contributed by atoms with Gasteiger partial charge in [0.15, 0.2) is 5.65 Å². The maximum Gasteiger partial charge on any atom is 0.163 e. The molecule has 0 unspecified atom stereocenters. The fourth-order valence-electron chi connectivity index (χ4n) is 4.48. The summed E-state index contributed by atoms with van der Waals surface area (Å²) in [4.78, 5) is 9.64. The summed E-state index contributed by atoms with van der Waals surface area (Å²) in [5.41, 5.74) is 5.00. The minimum atomic E-state index is -0.341. The van der Waals surface area contributed by atoms with Gasteiger partial charge in [-0.25, -0.2) is 9.97 Å². The number of aliphatic hydroxyl groups is 1. The first-order valence-corrected chi connectivity index (χ1v) is 11.7. The summed E-state index contributed by atoms with van der Waals surface area (Å²) in [6, 6.07) is 8.02. The zero-order valence-electron chi connectivity index (χ0n) is 19.4. The van der Waals surface area contributed by atoms with Gasteiger partial charge in [-0.15, -0.1) is 0 Å². The number of pyridine rings is 1. The Morgan fingerprint density at radius 2 is 2.12 bits per heavy atom. The highest BCUT2D eigenvalue weighted by atomic mass is 16.3. The SMILES string of the molecule is Cc1c(CNc2cc(NC[C@H]3CCNC[C@@H]3O)nc3c(C(C)C)cnn23)nc2ccccn12. The molecule has 0 bridgehead atoms. The lowest BCUT2D eigenvalue weighted by molar-refractivity contribution is 0.0883. The first-order valence-electron chi connectivity index (χ1n) is 11.7. The van der Waals surface area contributed by atoms with E-state index < -0.39 is 0 Å². The summed E-state index contributed by atoms with van der Waals surface area (Å²) in [6.07, 6.45) is 4.53. The van der Waals surface area contributed by atoms with Crippen molar-refractivity contribution in [1.82, 2.24) is 29.3 Å². The van der Waals surface area contributed by atoms with Gasteiger partial charge in [0.2, 0.25) is 0 Å². The molecular formula is C24H32N8O. The number of fused-ring (bicyclic) bond motifs is 2. The van der Waals surface area contributed by atoms with E-state index in [0.717, 1.165) is 52.8 Å². The zero-order chi connectivity index (χ0) is 22.9. The van der Waals surface area contributed by atoms with Crippen molar-refractivity contribution in [2.45, 2.75) is 45.8 Å². The lowest BCUT2D eigenvalue weighted by atomic mass is 9.95. The van der Waals surface area contributed by atoms with Crippen molar-refractivity contribution in [1.29, 1.82) is 0 Å². The van der Waals surface area contributed by atoms with Crippen molar-refractivity contribution < 1.29 is 5.11 Å². The number of imidazole rings is 1. The second kappa shape index (κ2) is 8.99. The summed E-state index contributed by atoms with van der Waals surface area (Å²) in [5, 5.41) is 25.1. The lowest BCUT2D eigenvalue weighted by Gasteiger charge is -2.28. The van der Waals surface area contributed by atoms with Crippen LogP contribution in [0.5, 0.6) is 0 Å². The van der Waals surface area contributed by atoms with E-state index in [0.29, 0.717) is 25.6 Å². The highest BCUT2D eigenvalue weighted by Crippen LogP contribution is 2.25. The van der Waals surface area contributed by atoms with E-state index >= 15 is 0 Å². The Hall–Kier alpha value is -3.17. The van der Waals surface area contributed by atoms with Crippen LogP contribution in [0, 0.1) is 12.8 Å². The van der Waals surface area contributed by atoms with Gasteiger partial charge in [-0.05, 0) is 37.9 Å². The molecule has 5 rings (SSSR count). The van der Waals surface area contributed by atoms with E-state index in [1.165, 1.54) is 0 Å². The molecule has 9 heteroatoms. The molecule has 4 aromatic rings. The number of aliphatic hydroxyl groups excluding tert-OH is 1. The van der Waals surface area contributed by atoms with Crippen LogP contribution in [0.15, 0.2) is 36.7 Å². The van der Waals surface area contributed by atoms with Crippen molar-refractivity contribution in [3.8, 4) is 0 Å². The molecule has 0 spiro atoms. The average Bonchev–Trinajstić information content (AvgIpc) is 3.38. The fourth-order valence-corrected chi connectivity index (χ4v) is 4.48. The molecule has 1 aliphatic rings. The third-order valence-electron chi connectivity index (χ3n) is 6.56. The largest absolute Gasteiger partial charge is 0.391 e. The van der Waals surface area contributed by atoms with E-state index in [4.69, 9.17) is 9.97 Å². The van der Waals surface area contributed by atoms with E-state index in [1.54, 1.807) is 0 Å². The molecule has 4 aromatic heterocycles. The summed E-state index contributed by atoms with van der Waals surface area (Å²) in [7, 11) is 0. The van der Waals surface area contributed by atoms with Gasteiger partial charge in [-0.2, -0.15) is 9.61 Å². The Bertz CT molecular complexity index is 1260. The molecule has 4 N–H and O–H groups in total. The van der Waals surface area contributed by atoms with Gasteiger partial charge >= 0.3 is 0 Å². The quantitative estimate of drug-likeness (QED) is 0.345. The summed E-state index contributed by atoms with van der Waals surface area (Å²) in [6.45, 7) is 9.22. The van der Waals surface area contributed by atoms with Gasteiger partial charge < -0.3 is 25.5 Å². The number of aryl methyl sites for hydroxylation is 1. The molecule has 0 aliphatic carbocycles. The molecule has 0 radical (unpaired) electrons. The topological polar surface area (TPSA) is 104 Å². The zero-order valence-corrected chi connectivity index (χ0v) is 19.4. The summed E-state index contributed by atoms with van der Waals surface area (Å²) < 4.78 is 3.96. The Labute approximate surface area is 193 Å². The number of anilines is 2. The average molecular weight is 449 g/mol. The lowest BCUT2D eigenvalue weighted by Crippen LogP contribution is -2.43. The molecule has 174 valence electrons. The van der Waals surface area contributed by atoms with Crippen molar-refractivity contribution >= 4 is 22.9 Å². The molecule has 1 aliphatic heterocycles. The number of hydrogen-bond acceptors (Lipinski definition) is 7. The first-order chi connectivity index (χ1) is 16.0. The Kier molecular flexibility index (Phi) is 5.90. The molecule has 1 fully saturated rings. The van der Waals surface area contributed by atoms with Crippen LogP contribution in [0.1, 0.15) is 43.1 Å². The number of β-amino-alcohol motifs (C(OH)–C–C–N with tert-alkyl or cyclic N) is 1. The highest BCUT2D eigenvalue weighted by Gasteiger charge is 2.23. The van der Waals surface area contributed by atoms with E-state index in [-0.39, 0.29) is 12.0 Å². The van der Waals surface area contributed by atoms with E-state index in [2.05, 4.69) is 46.2 Å². The molecule has 1 saturated heterocycles. The molecule has 0 saturated carbocycles. The predicted molar refractivity (Wildman–Crippen MR) is 130 cm³/mol. The second-order valence-electron chi connectivity index (χ2n) is 9.14. The minimum Gasteiger partial charge on any atom is -0.391 e. The minimum absolute atomic E-state index is 0.204. The molecule has 33 heavy (non-hydrogen) atoms. The van der Waals surface area contributed by atoms with Crippen molar-refractivity contribution in [3.63, 3.8) is 0 Å². The molecule has 0 amide bonds. The van der Waals surface area contributed by atoms with Crippen molar-refractivity contribution in [2.24, 2.45) is 5.92 Å². The van der Waals surface area contributed by atoms with Crippen LogP contribution >= 0.6 is 0 Å². The fraction of sp³-hybridized carbons (Fsp3) is 0.458. The molecule has 9 nitrogen and oxygen atoms in total. The van der Waals surface area contributed by atoms with Gasteiger partial charge in [-0.3, -0.25) is 0 Å². The Balaban J connectivity index is 1.42. The van der Waals surface area contributed by atoms with Crippen LogP contribution < -0.4 is 16.0 Å². The second-order valence-corrected chi connectivity index (χ2v) is 9.14. The van der Waals surface area contributed by atoms with Crippen LogP contribution in [-0.2, 0) is 6.54 Å². The first kappa shape index (κ1) is 21.7. The number of rotatable bonds is 7. The van der Waals surface area contributed by atoms with Crippen molar-refractivity contribution in [3.05, 3.63) is 53.6 Å². The molecule has 2 atom stereocenters. The predicted octanol–water partition coefficient (Wildman–Crippen LogP) is 2.80. The van der Waals surface area contributed by atoms with Crippen molar-refractivity contribution in [2.75, 3.05) is 30.3 Å². The number of nitrogens with zero attached hydrogens (tertiary/aromatic N) is 5. The maximum absolute atomic E-state index is 10.3. The van der Waals surface area contributed by atoms with Crippen LogP contribution in [0.25, 0.3) is 11.3 Å². The highest BCUT2D eigenvalue weighted by molar-refractivity contribution is 5.61. The van der Waals surface area contributed by atoms with Gasteiger partial charge in [-0.1, -0.05) is 19.9 Å². The summed E-state index contributed by atoms with van der Waals surface area (Å²) >= 11 is 0. The molecule has 0 aromatic carbocycles. The standard InChI is InChI=1S/C24H32N8O/c1-15(2)18-12-28-32-23(27-13-19-16(3)31-9-5-4-6-22(31)29-19)10-21(30-24(18)32)26-11-17-7-8-25-14-20(17)33/h4-6,9-10,12,15,17,20,25,27,33H,7-8,11,13-14H2,1-3H3,(H,26,30)/t17-,20+/m1/s1. The number of piperidine rings is 1. The van der Waals surface area contributed by atoms with Crippen LogP contribution in [0.2, 0.25) is 0 Å². The smallest absolute Gasteiger partial charge is 0.163 e. The maximum atomic E-state index is 10.3. The number of hydrogen-bond donors (Lipinski definition) is 4. The third kappa shape index (κ3) is 4.26. The monoisotopic (exact) mass is 448 g/mol. The van der Waals surface area contributed by atoms with Crippen LogP contribution in [0.4, 0.5) is 11.6 Å². The molecule has 5 heterocycles. The van der Waals surface area contributed by atoms with Gasteiger partial charge in [0.05, 0.1) is 24.5 Å². The Morgan fingerprint density at radius 1 is 1.24 bits per heavy atom. The van der Waals surface area contributed by atoms with Crippen LogP contribution in [-0.4, -0.2) is 54.8 Å². The number of nitrogens with one attached hydrogen (secondary N) is 3. The van der Waals surface area contributed by atoms with Crippen LogP contribution in [0.3, 0.4) is 0 Å². The number of aromatic nitrogens is 5. The van der Waals surface area contributed by atoms with E-state index in [1.807, 2.05) is 41.2 Å². The third-order valence-corrected chi connectivity index (χ3v) is 6.56. The molecular weight excluding hydrogens is 416 g/mol. The van der Waals surface area contributed by atoms with Gasteiger partial charge in [0, 0.05) is 42.5 Å². The van der Waals surface area contributed by atoms with Gasteiger partial charge in [0.1, 0.15) is 17.3 Å². The van der Waals surface area contributed by atoms with E-state index in [9.17, 15) is 5.11 Å². The Morgan fingerprint density at radius 3 is 2.91 bits per heavy atom. The normalized spacial score (nSPS) is 18.9. The van der Waals surface area contributed by atoms with Gasteiger partial charge in [0.25, 0.3) is 0 Å².